The molecule has 0 unspecified atom stereocenters. The maximum Gasteiger partial charge on any atom is 0.270 e. The highest BCUT2D eigenvalue weighted by atomic mass is 79.9. The van der Waals surface area contributed by atoms with Gasteiger partial charge in [-0.25, -0.2) is 0 Å². The first kappa shape index (κ1) is 11.1. The number of nitrogens with zero attached hydrogens (tertiary/aromatic N) is 1. The van der Waals surface area contributed by atoms with Gasteiger partial charge in [0.2, 0.25) is 0 Å². The maximum atomic E-state index is 10.2. The number of non-ortho nitro benzene ring substituents is 1. The average Bonchev–Trinajstić information content (AvgIpc) is 1.94. The zero-order valence-electron chi connectivity index (χ0n) is 6.58. The fourth-order valence-electron chi connectivity index (χ4n) is 0.794. The summed E-state index contributed by atoms with van der Waals surface area (Å²) >= 11 is 0. The van der Waals surface area contributed by atoms with Crippen molar-refractivity contribution in [1.29, 1.82) is 0 Å². The van der Waals surface area contributed by atoms with E-state index in [1.54, 1.807) is 13.0 Å². The molecule has 0 heterocycles. The van der Waals surface area contributed by atoms with Gasteiger partial charge >= 0.3 is 0 Å². The van der Waals surface area contributed by atoms with Crippen molar-refractivity contribution in [3.05, 3.63) is 33.9 Å². The van der Waals surface area contributed by atoms with E-state index in [0.29, 0.717) is 0 Å². The van der Waals surface area contributed by atoms with Crippen LogP contribution in [-0.4, -0.2) is 4.92 Å². The van der Waals surface area contributed by atoms with Crippen LogP contribution in [0.5, 0.6) is 0 Å². The van der Waals surface area contributed by atoms with Crippen molar-refractivity contribution < 1.29 is 27.6 Å². The van der Waals surface area contributed by atoms with Crippen LogP contribution in [0.1, 0.15) is 5.56 Å². The first-order valence-electron chi connectivity index (χ1n) is 3.18. The zero-order chi connectivity index (χ0) is 8.43. The fraction of sp³-hybridized carbons (Fsp3) is 0.143. The van der Waals surface area contributed by atoms with Crippen LogP contribution >= 0.6 is 0 Å². The number of rotatable bonds is 1. The Balaban J connectivity index is 0.00000121. The Hall–Kier alpha value is -0.940. The van der Waals surface area contributed by atoms with E-state index in [-0.39, 0.29) is 22.7 Å². The van der Waals surface area contributed by atoms with E-state index in [1.807, 2.05) is 0 Å². The highest BCUT2D eigenvalue weighted by molar-refractivity contribution is 5.45. The minimum atomic E-state index is -0.410. The van der Waals surface area contributed by atoms with E-state index in [1.165, 1.54) is 12.1 Å². The SMILES string of the molecule is Cc1cc([N+](=O)[O-])ccc1[NH3+].[Br-]. The van der Waals surface area contributed by atoms with Crippen molar-refractivity contribution in [2.24, 2.45) is 0 Å². The number of hydrogen-bond donors (Lipinski definition) is 1. The summed E-state index contributed by atoms with van der Waals surface area (Å²) in [5.41, 5.74) is 5.49. The van der Waals surface area contributed by atoms with Gasteiger partial charge in [0.1, 0.15) is 5.69 Å². The van der Waals surface area contributed by atoms with Crippen LogP contribution in [0.3, 0.4) is 0 Å². The van der Waals surface area contributed by atoms with Gasteiger partial charge in [0.25, 0.3) is 5.69 Å². The largest absolute Gasteiger partial charge is 1.00 e. The Morgan fingerprint density at radius 1 is 1.50 bits per heavy atom. The first-order valence-corrected chi connectivity index (χ1v) is 3.18. The molecule has 0 atom stereocenters. The number of nitro benzene ring substituents is 1. The van der Waals surface area contributed by atoms with Gasteiger partial charge in [-0.2, -0.15) is 0 Å². The average molecular weight is 233 g/mol. The van der Waals surface area contributed by atoms with Gasteiger partial charge in [-0.05, 0) is 6.92 Å². The summed E-state index contributed by atoms with van der Waals surface area (Å²) in [6, 6.07) is 4.62. The molecule has 12 heavy (non-hydrogen) atoms. The lowest BCUT2D eigenvalue weighted by Gasteiger charge is -1.93. The molecule has 0 aromatic heterocycles. The standard InChI is InChI=1S/C7H8N2O2.BrH/c1-5-4-6(9(10)11)2-3-7(5)8;/h2-4H,8H2,1H3;1H. The summed E-state index contributed by atoms with van der Waals surface area (Å²) < 4.78 is 0. The monoisotopic (exact) mass is 232 g/mol. The van der Waals surface area contributed by atoms with Crippen LogP contribution < -0.4 is 22.7 Å². The Kier molecular flexibility index (Phi) is 3.85. The highest BCUT2D eigenvalue weighted by Gasteiger charge is 2.06. The molecule has 1 aromatic rings. The smallest absolute Gasteiger partial charge is 0.270 e. The topological polar surface area (TPSA) is 70.8 Å². The van der Waals surface area contributed by atoms with Gasteiger partial charge in [-0.15, -0.1) is 0 Å². The number of benzene rings is 1. The third kappa shape index (κ3) is 2.28. The predicted octanol–water partition coefficient (Wildman–Crippen LogP) is -2.22. The first-order chi connectivity index (χ1) is 5.11. The van der Waals surface area contributed by atoms with Crippen LogP contribution in [0.15, 0.2) is 18.2 Å². The summed E-state index contributed by atoms with van der Waals surface area (Å²) in [6.07, 6.45) is 0. The van der Waals surface area contributed by atoms with E-state index in [4.69, 9.17) is 0 Å². The number of hydrogen-bond acceptors (Lipinski definition) is 2. The molecule has 0 spiro atoms. The number of quaternary nitrogens is 1. The molecule has 1 rings (SSSR count). The minimum absolute atomic E-state index is 0. The maximum absolute atomic E-state index is 10.2. The lowest BCUT2D eigenvalue weighted by molar-refractivity contribution is -0.385. The Labute approximate surface area is 80.3 Å². The van der Waals surface area contributed by atoms with Crippen LogP contribution in [0, 0.1) is 17.0 Å². The van der Waals surface area contributed by atoms with Gasteiger partial charge in [0.05, 0.1) is 4.92 Å². The van der Waals surface area contributed by atoms with Gasteiger partial charge in [-0.1, -0.05) is 0 Å². The van der Waals surface area contributed by atoms with Crippen LogP contribution in [-0.2, 0) is 0 Å². The van der Waals surface area contributed by atoms with Crippen molar-refractivity contribution in [2.45, 2.75) is 6.92 Å². The van der Waals surface area contributed by atoms with E-state index < -0.39 is 4.92 Å². The summed E-state index contributed by atoms with van der Waals surface area (Å²) in [4.78, 5) is 9.84. The second-order valence-electron chi connectivity index (χ2n) is 2.37. The number of nitro groups is 1. The van der Waals surface area contributed by atoms with Gasteiger partial charge in [-0.3, -0.25) is 10.1 Å². The molecule has 0 aliphatic carbocycles. The van der Waals surface area contributed by atoms with E-state index in [2.05, 4.69) is 5.73 Å². The Morgan fingerprint density at radius 2 is 2.08 bits per heavy atom. The van der Waals surface area contributed by atoms with Crippen LogP contribution in [0.2, 0.25) is 0 Å². The van der Waals surface area contributed by atoms with E-state index >= 15 is 0 Å². The third-order valence-corrected chi connectivity index (χ3v) is 1.54. The molecule has 0 fully saturated rings. The normalized spacial score (nSPS) is 8.83. The second-order valence-corrected chi connectivity index (χ2v) is 2.37. The molecule has 5 heteroatoms. The van der Waals surface area contributed by atoms with Crippen molar-refractivity contribution >= 4 is 11.4 Å². The molecule has 0 amide bonds. The van der Waals surface area contributed by atoms with Crippen molar-refractivity contribution in [1.82, 2.24) is 0 Å². The van der Waals surface area contributed by atoms with Crippen molar-refractivity contribution in [3.63, 3.8) is 0 Å². The summed E-state index contributed by atoms with van der Waals surface area (Å²) in [7, 11) is 0. The van der Waals surface area contributed by atoms with Gasteiger partial charge in [0, 0.05) is 23.8 Å². The molecule has 0 aliphatic rings. The van der Waals surface area contributed by atoms with Crippen LogP contribution in [0.4, 0.5) is 11.4 Å². The minimum Gasteiger partial charge on any atom is -1.00 e. The summed E-state index contributed by atoms with van der Waals surface area (Å²) in [6.45, 7) is 1.80. The lowest BCUT2D eigenvalue weighted by atomic mass is 10.2. The molecule has 0 aliphatic heterocycles. The molecule has 1 aromatic carbocycles. The lowest BCUT2D eigenvalue weighted by Crippen LogP contribution is -3.00. The van der Waals surface area contributed by atoms with E-state index in [9.17, 15) is 10.1 Å². The number of aryl methyl sites for hydroxylation is 1. The molecule has 3 N–H and O–H groups in total. The van der Waals surface area contributed by atoms with Crippen LogP contribution in [0.25, 0.3) is 0 Å². The quantitative estimate of drug-likeness (QED) is 0.441. The van der Waals surface area contributed by atoms with Gasteiger partial charge < -0.3 is 22.7 Å². The third-order valence-electron chi connectivity index (χ3n) is 1.54. The van der Waals surface area contributed by atoms with E-state index in [0.717, 1.165) is 11.3 Å². The molecule has 0 radical (unpaired) electrons. The Bertz CT molecular complexity index is 301. The number of halogens is 1. The highest BCUT2D eigenvalue weighted by Crippen LogP contribution is 2.16. The summed E-state index contributed by atoms with van der Waals surface area (Å²) in [5.74, 6) is 0. The molecular weight excluding hydrogens is 224 g/mol. The zero-order valence-corrected chi connectivity index (χ0v) is 8.17. The molecule has 0 saturated heterocycles. The summed E-state index contributed by atoms with van der Waals surface area (Å²) in [5, 5.41) is 10.2. The van der Waals surface area contributed by atoms with Gasteiger partial charge in [0.15, 0.2) is 0 Å². The molecule has 0 bridgehead atoms. The molecule has 4 nitrogen and oxygen atoms in total. The second kappa shape index (κ2) is 4.18. The van der Waals surface area contributed by atoms with Crippen molar-refractivity contribution in [3.8, 4) is 0 Å². The van der Waals surface area contributed by atoms with Crippen molar-refractivity contribution in [2.75, 3.05) is 0 Å². The molecule has 0 saturated carbocycles. The Morgan fingerprint density at radius 3 is 2.50 bits per heavy atom. The fourth-order valence-corrected chi connectivity index (χ4v) is 0.794. The molecular formula is C7H9BrN2O2. The molecule has 66 valence electrons. The predicted molar refractivity (Wildman–Crippen MR) is 40.4 cm³/mol.